The van der Waals surface area contributed by atoms with Crippen molar-refractivity contribution in [2.24, 2.45) is 0 Å². The number of rotatable bonds is 4. The molecule has 0 unspecified atom stereocenters. The molecule has 4 nitrogen and oxygen atoms in total. The number of hydrogen-bond donors (Lipinski definition) is 1. The molecule has 2 amide bonds. The molecule has 28 heavy (non-hydrogen) atoms. The second-order valence-electron chi connectivity index (χ2n) is 7.10. The molecule has 142 valence electrons. The number of para-hydroxylation sites is 1. The van der Waals surface area contributed by atoms with E-state index in [4.69, 9.17) is 0 Å². The molecule has 0 aliphatic carbocycles. The summed E-state index contributed by atoms with van der Waals surface area (Å²) >= 11 is 0. The summed E-state index contributed by atoms with van der Waals surface area (Å²) in [5.74, 6) is 0. The summed E-state index contributed by atoms with van der Waals surface area (Å²) in [6.07, 6.45) is 0. The van der Waals surface area contributed by atoms with E-state index in [1.54, 1.807) is 0 Å². The molecule has 0 spiro atoms. The Labute approximate surface area is 166 Å². The van der Waals surface area contributed by atoms with Gasteiger partial charge in [-0.15, -0.1) is 0 Å². The van der Waals surface area contributed by atoms with Crippen LogP contribution in [0.5, 0.6) is 0 Å². The van der Waals surface area contributed by atoms with Crippen molar-refractivity contribution in [1.29, 1.82) is 0 Å². The van der Waals surface area contributed by atoms with E-state index in [-0.39, 0.29) is 6.03 Å². The highest BCUT2D eigenvalue weighted by atomic mass is 16.2. The zero-order valence-electron chi connectivity index (χ0n) is 15.9. The number of hydrogen-bond acceptors (Lipinski definition) is 2. The highest BCUT2D eigenvalue weighted by Gasteiger charge is 2.22. The Morgan fingerprint density at radius 1 is 0.786 bits per heavy atom. The third-order valence-electron chi connectivity index (χ3n) is 5.12. The molecule has 1 heterocycles. The van der Waals surface area contributed by atoms with Crippen molar-refractivity contribution in [2.45, 2.75) is 19.6 Å². The van der Waals surface area contributed by atoms with Crippen LogP contribution in [0.3, 0.4) is 0 Å². The molecular weight excluding hydrogens is 346 g/mol. The van der Waals surface area contributed by atoms with E-state index in [2.05, 4.69) is 52.7 Å². The lowest BCUT2D eigenvalue weighted by atomic mass is 10.1. The van der Waals surface area contributed by atoms with E-state index in [0.29, 0.717) is 19.6 Å². The van der Waals surface area contributed by atoms with Gasteiger partial charge in [-0.05, 0) is 22.8 Å². The van der Waals surface area contributed by atoms with Gasteiger partial charge in [-0.3, -0.25) is 0 Å². The molecule has 0 atom stereocenters. The van der Waals surface area contributed by atoms with Crippen LogP contribution in [0.1, 0.15) is 16.7 Å². The summed E-state index contributed by atoms with van der Waals surface area (Å²) in [5.41, 5.74) is 4.78. The van der Waals surface area contributed by atoms with Gasteiger partial charge in [-0.2, -0.15) is 0 Å². The van der Waals surface area contributed by atoms with E-state index < -0.39 is 0 Å². The lowest BCUT2D eigenvalue weighted by molar-refractivity contribution is 0.197. The van der Waals surface area contributed by atoms with Crippen molar-refractivity contribution >= 4 is 11.7 Å². The van der Waals surface area contributed by atoms with Crippen LogP contribution in [-0.2, 0) is 19.6 Å². The zero-order valence-corrected chi connectivity index (χ0v) is 15.9. The topological polar surface area (TPSA) is 35.6 Å². The highest BCUT2D eigenvalue weighted by molar-refractivity contribution is 5.75. The normalized spacial score (nSPS) is 13.6. The molecular formula is C24H25N3O. The molecule has 4 rings (SSSR count). The number of anilines is 1. The number of fused-ring (bicyclic) bond motifs is 1. The first kappa shape index (κ1) is 18.1. The molecule has 4 heteroatoms. The van der Waals surface area contributed by atoms with Gasteiger partial charge < -0.3 is 15.1 Å². The van der Waals surface area contributed by atoms with E-state index in [1.807, 2.05) is 47.4 Å². The Morgan fingerprint density at radius 2 is 1.43 bits per heavy atom. The highest BCUT2D eigenvalue weighted by Crippen LogP contribution is 2.26. The van der Waals surface area contributed by atoms with Gasteiger partial charge in [0, 0.05) is 38.4 Å². The van der Waals surface area contributed by atoms with E-state index in [0.717, 1.165) is 18.7 Å². The first-order valence-electron chi connectivity index (χ1n) is 9.73. The number of amides is 2. The number of nitrogens with zero attached hydrogens (tertiary/aromatic N) is 2. The smallest absolute Gasteiger partial charge is 0.318 e. The molecule has 0 saturated carbocycles. The van der Waals surface area contributed by atoms with E-state index in [1.165, 1.54) is 16.8 Å². The summed E-state index contributed by atoms with van der Waals surface area (Å²) in [6.45, 7) is 3.53. The van der Waals surface area contributed by atoms with Crippen LogP contribution < -0.4 is 10.2 Å². The molecule has 0 fully saturated rings. The summed E-state index contributed by atoms with van der Waals surface area (Å²) in [7, 11) is 0. The molecule has 1 N–H and O–H groups in total. The van der Waals surface area contributed by atoms with Crippen LogP contribution in [-0.4, -0.2) is 24.0 Å². The number of carbonyl (C=O) groups excluding carboxylic acids is 1. The van der Waals surface area contributed by atoms with E-state index in [9.17, 15) is 4.79 Å². The largest absolute Gasteiger partial charge is 0.365 e. The van der Waals surface area contributed by atoms with Crippen LogP contribution in [0.15, 0.2) is 84.9 Å². The Morgan fingerprint density at radius 3 is 2.18 bits per heavy atom. The maximum absolute atomic E-state index is 12.8. The first-order valence-corrected chi connectivity index (χ1v) is 9.73. The van der Waals surface area contributed by atoms with Gasteiger partial charge >= 0.3 is 6.03 Å². The first-order chi connectivity index (χ1) is 13.8. The third-order valence-corrected chi connectivity index (χ3v) is 5.12. The monoisotopic (exact) mass is 371 g/mol. The fourth-order valence-electron chi connectivity index (χ4n) is 3.63. The number of urea groups is 1. The average Bonchev–Trinajstić information content (AvgIpc) is 2.93. The molecule has 0 saturated heterocycles. The van der Waals surface area contributed by atoms with Crippen LogP contribution >= 0.6 is 0 Å². The van der Waals surface area contributed by atoms with Gasteiger partial charge in [0.1, 0.15) is 0 Å². The second-order valence-corrected chi connectivity index (χ2v) is 7.10. The maximum atomic E-state index is 12.8. The Hall–Kier alpha value is -3.27. The predicted molar refractivity (Wildman–Crippen MR) is 113 cm³/mol. The van der Waals surface area contributed by atoms with Crippen molar-refractivity contribution in [3.8, 4) is 0 Å². The number of benzene rings is 3. The minimum absolute atomic E-state index is 0.0137. The van der Waals surface area contributed by atoms with Gasteiger partial charge in [0.15, 0.2) is 0 Å². The van der Waals surface area contributed by atoms with Crippen molar-refractivity contribution in [3.63, 3.8) is 0 Å². The molecule has 3 aromatic carbocycles. The second kappa shape index (κ2) is 8.61. The fourth-order valence-corrected chi connectivity index (χ4v) is 3.63. The third kappa shape index (κ3) is 4.34. The van der Waals surface area contributed by atoms with Crippen LogP contribution in [0.2, 0.25) is 0 Å². The SMILES string of the molecule is O=C(NCc1ccccc1)N1CCN(Cc2ccccc2)c2ccccc2C1. The van der Waals surface area contributed by atoms with Crippen molar-refractivity contribution in [1.82, 2.24) is 10.2 Å². The molecule has 1 aliphatic rings. The minimum atomic E-state index is -0.0137. The quantitative estimate of drug-likeness (QED) is 0.737. The zero-order chi connectivity index (χ0) is 19.2. The van der Waals surface area contributed by atoms with Gasteiger partial charge in [-0.25, -0.2) is 4.79 Å². The minimum Gasteiger partial charge on any atom is -0.365 e. The summed E-state index contributed by atoms with van der Waals surface area (Å²) in [6, 6.07) is 28.9. The molecule has 0 aromatic heterocycles. The van der Waals surface area contributed by atoms with Gasteiger partial charge in [0.25, 0.3) is 0 Å². The summed E-state index contributed by atoms with van der Waals surface area (Å²) in [5, 5.41) is 3.06. The molecule has 0 radical (unpaired) electrons. The van der Waals surface area contributed by atoms with Crippen molar-refractivity contribution in [2.75, 3.05) is 18.0 Å². The lowest BCUT2D eigenvalue weighted by Crippen LogP contribution is -2.41. The summed E-state index contributed by atoms with van der Waals surface area (Å²) < 4.78 is 0. The van der Waals surface area contributed by atoms with E-state index >= 15 is 0 Å². The van der Waals surface area contributed by atoms with Gasteiger partial charge in [0.05, 0.1) is 0 Å². The van der Waals surface area contributed by atoms with Crippen LogP contribution in [0.4, 0.5) is 10.5 Å². The summed E-state index contributed by atoms with van der Waals surface area (Å²) in [4.78, 5) is 17.1. The fraction of sp³-hybridized carbons (Fsp3) is 0.208. The van der Waals surface area contributed by atoms with Crippen LogP contribution in [0.25, 0.3) is 0 Å². The Bertz CT molecular complexity index is 911. The lowest BCUT2D eigenvalue weighted by Gasteiger charge is -2.25. The number of nitrogens with one attached hydrogen (secondary N) is 1. The van der Waals surface area contributed by atoms with Gasteiger partial charge in [-0.1, -0.05) is 78.9 Å². The average molecular weight is 371 g/mol. The van der Waals surface area contributed by atoms with Gasteiger partial charge in [0.2, 0.25) is 0 Å². The molecule has 3 aromatic rings. The Balaban J connectivity index is 1.47. The Kier molecular flexibility index (Phi) is 5.57. The van der Waals surface area contributed by atoms with Crippen molar-refractivity contribution < 1.29 is 4.79 Å². The standard InChI is InChI=1S/C24H25N3O/c28-24(25-17-20-9-3-1-4-10-20)27-16-15-26(18-21-11-5-2-6-12-21)23-14-8-7-13-22(23)19-27/h1-14H,15-19H2,(H,25,28). The maximum Gasteiger partial charge on any atom is 0.318 e. The number of carbonyl (C=O) groups is 1. The van der Waals surface area contributed by atoms with Crippen molar-refractivity contribution in [3.05, 3.63) is 102 Å². The van der Waals surface area contributed by atoms with Crippen LogP contribution in [0, 0.1) is 0 Å². The predicted octanol–water partition coefficient (Wildman–Crippen LogP) is 4.42. The molecule has 1 aliphatic heterocycles. The molecule has 0 bridgehead atoms.